The highest BCUT2D eigenvalue weighted by molar-refractivity contribution is 5.85. The Morgan fingerprint density at radius 1 is 1.23 bits per heavy atom. The monoisotopic (exact) mass is 435 g/mol. The highest BCUT2D eigenvalue weighted by Gasteiger charge is 2.30. The number of piperidine rings is 1. The van der Waals surface area contributed by atoms with Crippen LogP contribution in [0.5, 0.6) is 5.75 Å². The largest absolute Gasteiger partial charge is 0.493 e. The molecule has 1 unspecified atom stereocenters. The van der Waals surface area contributed by atoms with Gasteiger partial charge in [-0.2, -0.15) is 4.98 Å². The standard InChI is InChI=1S/C21H29N5O3.ClH/c1-25-13-10-22-15-18(25)20-23-21(29-24-20)16-7-11-26(12-8-16)19(27)9-14-28-17-5-3-2-4-6-17;/h2-6,16,18,22H,7-15H2,1H3;1H. The number of likely N-dealkylation sites (N-methyl/N-ethyl adjacent to an activating group) is 1. The second kappa shape index (κ2) is 10.7. The number of para-hydroxylation sites is 1. The first-order valence-corrected chi connectivity index (χ1v) is 10.4. The van der Waals surface area contributed by atoms with Crippen molar-refractivity contribution in [2.45, 2.75) is 31.2 Å². The molecule has 2 aliphatic rings. The van der Waals surface area contributed by atoms with Crippen molar-refractivity contribution in [3.63, 3.8) is 0 Å². The number of halogens is 1. The number of rotatable bonds is 6. The van der Waals surface area contributed by atoms with Crippen LogP contribution in [-0.4, -0.2) is 72.2 Å². The molecule has 0 spiro atoms. The molecule has 0 radical (unpaired) electrons. The molecule has 8 nitrogen and oxygen atoms in total. The first-order chi connectivity index (χ1) is 14.2. The van der Waals surface area contributed by atoms with Crippen molar-refractivity contribution in [2.24, 2.45) is 0 Å². The fourth-order valence-corrected chi connectivity index (χ4v) is 3.95. The molecule has 0 saturated carbocycles. The van der Waals surface area contributed by atoms with E-state index >= 15 is 0 Å². The topological polar surface area (TPSA) is 83.7 Å². The Morgan fingerprint density at radius 3 is 2.73 bits per heavy atom. The van der Waals surface area contributed by atoms with Gasteiger partial charge in [-0.25, -0.2) is 0 Å². The van der Waals surface area contributed by atoms with Crippen LogP contribution >= 0.6 is 12.4 Å². The van der Waals surface area contributed by atoms with Crippen molar-refractivity contribution >= 4 is 18.3 Å². The zero-order valence-electron chi connectivity index (χ0n) is 17.3. The third-order valence-corrected chi connectivity index (χ3v) is 5.79. The number of benzene rings is 1. The van der Waals surface area contributed by atoms with Gasteiger partial charge in [0.1, 0.15) is 5.75 Å². The zero-order chi connectivity index (χ0) is 20.1. The van der Waals surface area contributed by atoms with Crippen LogP contribution in [0.2, 0.25) is 0 Å². The molecule has 1 atom stereocenters. The van der Waals surface area contributed by atoms with Gasteiger partial charge in [0.15, 0.2) is 5.82 Å². The van der Waals surface area contributed by atoms with Crippen LogP contribution in [0.25, 0.3) is 0 Å². The van der Waals surface area contributed by atoms with Gasteiger partial charge in [-0.05, 0) is 32.0 Å². The number of carbonyl (C=O) groups is 1. The van der Waals surface area contributed by atoms with Gasteiger partial charge >= 0.3 is 0 Å². The molecular weight excluding hydrogens is 406 g/mol. The Bertz CT molecular complexity index is 795. The molecular formula is C21H30ClN5O3. The molecule has 164 valence electrons. The third kappa shape index (κ3) is 5.50. The first-order valence-electron chi connectivity index (χ1n) is 10.4. The number of amides is 1. The molecule has 2 saturated heterocycles. The predicted molar refractivity (Wildman–Crippen MR) is 115 cm³/mol. The van der Waals surface area contributed by atoms with Gasteiger partial charge in [0.05, 0.1) is 19.1 Å². The molecule has 2 fully saturated rings. The summed E-state index contributed by atoms with van der Waals surface area (Å²) in [6.07, 6.45) is 2.10. The van der Waals surface area contributed by atoms with Crippen molar-refractivity contribution in [2.75, 3.05) is 46.4 Å². The Hall–Kier alpha value is -2.16. The lowest BCUT2D eigenvalue weighted by atomic mass is 9.96. The molecule has 2 aliphatic heterocycles. The van der Waals surface area contributed by atoms with Crippen LogP contribution in [0.4, 0.5) is 0 Å². The van der Waals surface area contributed by atoms with Crippen molar-refractivity contribution in [3.8, 4) is 5.75 Å². The van der Waals surface area contributed by atoms with E-state index in [0.29, 0.717) is 18.9 Å². The average Bonchev–Trinajstić information content (AvgIpc) is 3.25. The van der Waals surface area contributed by atoms with Crippen LogP contribution < -0.4 is 10.1 Å². The minimum Gasteiger partial charge on any atom is -0.493 e. The lowest BCUT2D eigenvalue weighted by molar-refractivity contribution is -0.132. The minimum absolute atomic E-state index is 0. The van der Waals surface area contributed by atoms with Crippen molar-refractivity contribution < 1.29 is 14.1 Å². The average molecular weight is 436 g/mol. The van der Waals surface area contributed by atoms with Gasteiger partial charge in [-0.3, -0.25) is 9.69 Å². The minimum atomic E-state index is 0. The highest BCUT2D eigenvalue weighted by Crippen LogP contribution is 2.28. The summed E-state index contributed by atoms with van der Waals surface area (Å²) >= 11 is 0. The lowest BCUT2D eigenvalue weighted by Gasteiger charge is -2.31. The van der Waals surface area contributed by atoms with Crippen LogP contribution in [-0.2, 0) is 4.79 Å². The van der Waals surface area contributed by atoms with Crippen LogP contribution in [0.15, 0.2) is 34.9 Å². The number of likely N-dealkylation sites (tertiary alicyclic amines) is 1. The Balaban J connectivity index is 0.00000256. The predicted octanol–water partition coefficient (Wildman–Crippen LogP) is 2.24. The van der Waals surface area contributed by atoms with E-state index in [0.717, 1.165) is 57.1 Å². The van der Waals surface area contributed by atoms with Crippen molar-refractivity contribution in [3.05, 3.63) is 42.0 Å². The molecule has 0 bridgehead atoms. The number of carbonyl (C=O) groups excluding carboxylic acids is 1. The Labute approximate surface area is 183 Å². The summed E-state index contributed by atoms with van der Waals surface area (Å²) in [4.78, 5) is 21.3. The second-order valence-corrected chi connectivity index (χ2v) is 7.76. The van der Waals surface area contributed by atoms with Crippen LogP contribution in [0.1, 0.15) is 42.9 Å². The maximum Gasteiger partial charge on any atom is 0.229 e. The number of nitrogens with zero attached hydrogens (tertiary/aromatic N) is 4. The van der Waals surface area contributed by atoms with Gasteiger partial charge in [-0.15, -0.1) is 12.4 Å². The quantitative estimate of drug-likeness (QED) is 0.744. The van der Waals surface area contributed by atoms with Gasteiger partial charge in [0.25, 0.3) is 0 Å². The second-order valence-electron chi connectivity index (χ2n) is 7.76. The summed E-state index contributed by atoms with van der Waals surface area (Å²) in [5.41, 5.74) is 0. The molecule has 1 aromatic heterocycles. The third-order valence-electron chi connectivity index (χ3n) is 5.79. The fraction of sp³-hybridized carbons (Fsp3) is 0.571. The van der Waals surface area contributed by atoms with E-state index in [1.807, 2.05) is 35.2 Å². The molecule has 1 aromatic carbocycles. The van der Waals surface area contributed by atoms with E-state index in [1.165, 1.54) is 0 Å². The van der Waals surface area contributed by atoms with E-state index in [2.05, 4.69) is 27.4 Å². The lowest BCUT2D eigenvalue weighted by Crippen LogP contribution is -2.44. The summed E-state index contributed by atoms with van der Waals surface area (Å²) in [5.74, 6) is 2.62. The Morgan fingerprint density at radius 2 is 2.00 bits per heavy atom. The summed E-state index contributed by atoms with van der Waals surface area (Å²) in [6.45, 7) is 4.64. The highest BCUT2D eigenvalue weighted by atomic mass is 35.5. The van der Waals surface area contributed by atoms with Crippen LogP contribution in [0, 0.1) is 0 Å². The van der Waals surface area contributed by atoms with Gasteiger partial charge in [0.2, 0.25) is 11.8 Å². The zero-order valence-corrected chi connectivity index (χ0v) is 18.1. The molecule has 3 heterocycles. The molecule has 2 aromatic rings. The molecule has 1 N–H and O–H groups in total. The molecule has 1 amide bonds. The van der Waals surface area contributed by atoms with Crippen molar-refractivity contribution in [1.29, 1.82) is 0 Å². The smallest absolute Gasteiger partial charge is 0.229 e. The number of nitrogens with one attached hydrogen (secondary N) is 1. The number of ether oxygens (including phenoxy) is 1. The van der Waals surface area contributed by atoms with E-state index in [1.54, 1.807) is 0 Å². The van der Waals surface area contributed by atoms with E-state index < -0.39 is 0 Å². The van der Waals surface area contributed by atoms with Crippen molar-refractivity contribution in [1.82, 2.24) is 25.3 Å². The first kappa shape index (κ1) is 22.5. The number of piperazine rings is 1. The molecule has 4 rings (SSSR count). The van der Waals surface area contributed by atoms with E-state index in [9.17, 15) is 4.79 Å². The summed E-state index contributed by atoms with van der Waals surface area (Å²) in [7, 11) is 2.09. The molecule has 0 aliphatic carbocycles. The molecule has 9 heteroatoms. The van der Waals surface area contributed by atoms with E-state index in [-0.39, 0.29) is 30.3 Å². The maximum absolute atomic E-state index is 12.5. The normalized spacial score (nSPS) is 20.6. The molecule has 30 heavy (non-hydrogen) atoms. The number of aromatic nitrogens is 2. The SMILES string of the molecule is CN1CCNCC1c1noc(C2CCN(C(=O)CCOc3ccccc3)CC2)n1.Cl. The summed E-state index contributed by atoms with van der Waals surface area (Å²) < 4.78 is 11.2. The number of hydrogen-bond donors (Lipinski definition) is 1. The van der Waals surface area contributed by atoms with Crippen LogP contribution in [0.3, 0.4) is 0 Å². The van der Waals surface area contributed by atoms with Gasteiger partial charge in [0, 0.05) is 38.6 Å². The maximum atomic E-state index is 12.5. The van der Waals surface area contributed by atoms with E-state index in [4.69, 9.17) is 9.26 Å². The van der Waals surface area contributed by atoms with Gasteiger partial charge < -0.3 is 19.5 Å². The fourth-order valence-electron chi connectivity index (χ4n) is 3.95. The van der Waals surface area contributed by atoms with Gasteiger partial charge in [-0.1, -0.05) is 23.4 Å². The summed E-state index contributed by atoms with van der Waals surface area (Å²) in [5, 5.41) is 7.60. The summed E-state index contributed by atoms with van der Waals surface area (Å²) in [6, 6.07) is 9.75. The number of hydrogen-bond acceptors (Lipinski definition) is 7. The Kier molecular flexibility index (Phi) is 8.07.